The van der Waals surface area contributed by atoms with Crippen LogP contribution in [0.3, 0.4) is 0 Å². The third kappa shape index (κ3) is 5.91. The Labute approximate surface area is 198 Å². The van der Waals surface area contributed by atoms with Crippen LogP contribution in [0.1, 0.15) is 31.8 Å². The van der Waals surface area contributed by atoms with Gasteiger partial charge in [0.25, 0.3) is 5.91 Å². The summed E-state index contributed by atoms with van der Waals surface area (Å²) in [6, 6.07) is 18.2. The summed E-state index contributed by atoms with van der Waals surface area (Å²) < 4.78 is 30.7. The van der Waals surface area contributed by atoms with E-state index in [4.69, 9.17) is 16.3 Å². The summed E-state index contributed by atoms with van der Waals surface area (Å²) in [6.45, 7) is 1.81. The molecule has 172 valence electrons. The first kappa shape index (κ1) is 24.3. The predicted molar refractivity (Wildman–Crippen MR) is 129 cm³/mol. The quantitative estimate of drug-likeness (QED) is 0.490. The van der Waals surface area contributed by atoms with Gasteiger partial charge in [0.15, 0.2) is 0 Å². The molecule has 0 aromatic heterocycles. The zero-order valence-electron chi connectivity index (χ0n) is 18.3. The fourth-order valence-electron chi connectivity index (χ4n) is 3.26. The highest BCUT2D eigenvalue weighted by Gasteiger charge is 2.19. The largest absolute Gasteiger partial charge is 0.465 e. The van der Waals surface area contributed by atoms with Crippen molar-refractivity contribution in [2.45, 2.75) is 13.5 Å². The van der Waals surface area contributed by atoms with E-state index >= 15 is 0 Å². The number of ether oxygens (including phenoxy) is 1. The molecule has 7 nitrogen and oxygen atoms in total. The molecule has 3 rings (SSSR count). The van der Waals surface area contributed by atoms with Gasteiger partial charge in [-0.05, 0) is 60.5 Å². The van der Waals surface area contributed by atoms with Crippen molar-refractivity contribution in [2.24, 2.45) is 0 Å². The summed E-state index contributed by atoms with van der Waals surface area (Å²) in [5.74, 6) is -0.843. The van der Waals surface area contributed by atoms with Crippen LogP contribution < -0.4 is 9.62 Å². The third-order valence-corrected chi connectivity index (χ3v) is 6.40. The summed E-state index contributed by atoms with van der Waals surface area (Å²) >= 11 is 6.02. The minimum Gasteiger partial charge on any atom is -0.465 e. The maximum absolute atomic E-state index is 12.7. The molecule has 0 aliphatic rings. The van der Waals surface area contributed by atoms with Gasteiger partial charge in [-0.1, -0.05) is 35.9 Å². The molecule has 3 aromatic rings. The number of rotatable bonds is 7. The van der Waals surface area contributed by atoms with Gasteiger partial charge in [-0.25, -0.2) is 13.2 Å². The lowest BCUT2D eigenvalue weighted by Crippen LogP contribution is -2.29. The van der Waals surface area contributed by atoms with Gasteiger partial charge in [0, 0.05) is 16.3 Å². The van der Waals surface area contributed by atoms with E-state index in [-0.39, 0.29) is 12.5 Å². The Hall–Kier alpha value is -3.36. The van der Waals surface area contributed by atoms with Crippen molar-refractivity contribution in [3.8, 4) is 0 Å². The minimum atomic E-state index is -3.56. The minimum absolute atomic E-state index is 0.0847. The normalized spacial score (nSPS) is 11.0. The first-order valence-electron chi connectivity index (χ1n) is 9.91. The lowest BCUT2D eigenvalue weighted by atomic mass is 10.1. The van der Waals surface area contributed by atoms with E-state index in [1.807, 2.05) is 0 Å². The molecule has 3 aromatic carbocycles. The van der Waals surface area contributed by atoms with Crippen molar-refractivity contribution in [1.82, 2.24) is 0 Å². The van der Waals surface area contributed by atoms with Crippen molar-refractivity contribution >= 4 is 44.9 Å². The number of methoxy groups -OCH3 is 1. The zero-order valence-corrected chi connectivity index (χ0v) is 19.9. The van der Waals surface area contributed by atoms with Gasteiger partial charge in [-0.15, -0.1) is 0 Å². The molecule has 0 fully saturated rings. The standard InChI is InChI=1S/C24H23ClN2O5S/c1-16-21(24(29)32-2)8-5-9-22(16)26-23(28)18-12-10-17(11-13-18)15-27(33(3,30)31)20-7-4-6-19(25)14-20/h4-14H,15H2,1-3H3,(H,26,28). The molecule has 0 atom stereocenters. The second-order valence-corrected chi connectivity index (χ2v) is 9.71. The summed E-state index contributed by atoms with van der Waals surface area (Å²) in [5.41, 5.74) is 2.99. The van der Waals surface area contributed by atoms with Gasteiger partial charge in [0.2, 0.25) is 10.0 Å². The van der Waals surface area contributed by atoms with Gasteiger partial charge in [0.1, 0.15) is 0 Å². The van der Waals surface area contributed by atoms with Gasteiger partial charge < -0.3 is 10.1 Å². The van der Waals surface area contributed by atoms with Crippen LogP contribution in [0.15, 0.2) is 66.7 Å². The SMILES string of the molecule is COC(=O)c1cccc(NC(=O)c2ccc(CN(c3cccc(Cl)c3)S(C)(=O)=O)cc2)c1C. The highest BCUT2D eigenvalue weighted by molar-refractivity contribution is 7.92. The van der Waals surface area contributed by atoms with Crippen LogP contribution in [-0.4, -0.2) is 33.7 Å². The number of carbonyl (C=O) groups excluding carboxylic acids is 2. The van der Waals surface area contributed by atoms with Crippen molar-refractivity contribution in [1.29, 1.82) is 0 Å². The maximum atomic E-state index is 12.7. The highest BCUT2D eigenvalue weighted by atomic mass is 35.5. The molecule has 0 heterocycles. The van der Waals surface area contributed by atoms with Crippen LogP contribution in [0.5, 0.6) is 0 Å². The molecule has 1 N–H and O–H groups in total. The van der Waals surface area contributed by atoms with Crippen molar-refractivity contribution < 1.29 is 22.7 Å². The molecule has 0 saturated heterocycles. The van der Waals surface area contributed by atoms with Gasteiger partial charge >= 0.3 is 5.97 Å². The first-order chi connectivity index (χ1) is 15.6. The lowest BCUT2D eigenvalue weighted by Gasteiger charge is -2.22. The molecular weight excluding hydrogens is 464 g/mol. The van der Waals surface area contributed by atoms with Crippen LogP contribution in [0.25, 0.3) is 0 Å². The average molecular weight is 487 g/mol. The number of nitrogens with zero attached hydrogens (tertiary/aromatic N) is 1. The maximum Gasteiger partial charge on any atom is 0.338 e. The molecule has 0 bridgehead atoms. The smallest absolute Gasteiger partial charge is 0.338 e. The number of hydrogen-bond acceptors (Lipinski definition) is 5. The number of carbonyl (C=O) groups is 2. The summed E-state index contributed by atoms with van der Waals surface area (Å²) in [5, 5.41) is 3.23. The number of esters is 1. The van der Waals surface area contributed by atoms with E-state index in [1.165, 1.54) is 11.4 Å². The summed E-state index contributed by atoms with van der Waals surface area (Å²) in [6.07, 6.45) is 1.13. The van der Waals surface area contributed by atoms with E-state index in [2.05, 4.69) is 5.32 Å². The van der Waals surface area contributed by atoms with Crippen molar-refractivity contribution in [3.05, 3.63) is 94.0 Å². The molecular formula is C24H23ClN2O5S. The predicted octanol–water partition coefficient (Wildman–Crippen LogP) is 4.65. The fraction of sp³-hybridized carbons (Fsp3) is 0.167. The lowest BCUT2D eigenvalue weighted by molar-refractivity contribution is 0.0599. The summed E-state index contributed by atoms with van der Waals surface area (Å²) in [4.78, 5) is 24.6. The summed E-state index contributed by atoms with van der Waals surface area (Å²) in [7, 11) is -2.26. The number of hydrogen-bond donors (Lipinski definition) is 1. The van der Waals surface area contributed by atoms with Crippen LogP contribution in [0, 0.1) is 6.92 Å². The molecule has 0 saturated carbocycles. The van der Waals surface area contributed by atoms with E-state index in [0.717, 1.165) is 6.26 Å². The Kier molecular flexibility index (Phi) is 7.40. The Balaban J connectivity index is 1.78. The zero-order chi connectivity index (χ0) is 24.2. The monoisotopic (exact) mass is 486 g/mol. The highest BCUT2D eigenvalue weighted by Crippen LogP contribution is 2.24. The van der Waals surface area contributed by atoms with Crippen LogP contribution in [0.2, 0.25) is 5.02 Å². The molecule has 0 spiro atoms. The molecule has 1 amide bonds. The number of sulfonamides is 1. The number of benzene rings is 3. The third-order valence-electron chi connectivity index (χ3n) is 5.03. The Morgan fingerprint density at radius 1 is 1.03 bits per heavy atom. The topological polar surface area (TPSA) is 92.8 Å². The number of nitrogens with one attached hydrogen (secondary N) is 1. The van der Waals surface area contributed by atoms with E-state index in [1.54, 1.807) is 73.7 Å². The Morgan fingerprint density at radius 3 is 2.30 bits per heavy atom. The van der Waals surface area contributed by atoms with Gasteiger partial charge in [0.05, 0.1) is 31.2 Å². The number of anilines is 2. The molecule has 0 radical (unpaired) electrons. The molecule has 33 heavy (non-hydrogen) atoms. The van der Waals surface area contributed by atoms with E-state index in [0.29, 0.717) is 38.7 Å². The number of amides is 1. The molecule has 0 aliphatic carbocycles. The fourth-order valence-corrected chi connectivity index (χ4v) is 4.32. The first-order valence-corrected chi connectivity index (χ1v) is 12.1. The van der Waals surface area contributed by atoms with E-state index < -0.39 is 16.0 Å². The number of halogens is 1. The van der Waals surface area contributed by atoms with E-state index in [9.17, 15) is 18.0 Å². The average Bonchev–Trinajstić information content (AvgIpc) is 2.78. The van der Waals surface area contributed by atoms with Crippen LogP contribution in [0.4, 0.5) is 11.4 Å². The molecule has 9 heteroatoms. The van der Waals surface area contributed by atoms with Gasteiger partial charge in [-0.3, -0.25) is 9.10 Å². The second-order valence-electron chi connectivity index (χ2n) is 7.37. The van der Waals surface area contributed by atoms with Crippen molar-refractivity contribution in [3.63, 3.8) is 0 Å². The Morgan fingerprint density at radius 2 is 1.70 bits per heavy atom. The molecule has 0 aliphatic heterocycles. The Bertz CT molecular complexity index is 1290. The second kappa shape index (κ2) is 10.1. The van der Waals surface area contributed by atoms with Crippen LogP contribution in [-0.2, 0) is 21.3 Å². The van der Waals surface area contributed by atoms with Crippen LogP contribution >= 0.6 is 11.6 Å². The van der Waals surface area contributed by atoms with Crippen molar-refractivity contribution in [2.75, 3.05) is 23.0 Å². The van der Waals surface area contributed by atoms with Gasteiger partial charge in [-0.2, -0.15) is 0 Å². The molecule has 0 unspecified atom stereocenters.